The molecule has 1 rings (SSSR count). The molecule has 10 heavy (non-hydrogen) atoms. The van der Waals surface area contributed by atoms with Crippen LogP contribution in [0.15, 0.2) is 27.9 Å². The Hall–Kier alpha value is -0.150. The first-order valence-corrected chi connectivity index (χ1v) is 4.25. The van der Waals surface area contributed by atoms with Crippen LogP contribution in [0.25, 0.3) is 6.08 Å². The fourth-order valence-corrected chi connectivity index (χ4v) is 1.87. The van der Waals surface area contributed by atoms with Crippen molar-refractivity contribution in [3.8, 4) is 0 Å². The highest BCUT2D eigenvalue weighted by atomic mass is 79.9. The average Bonchev–Trinajstić information content (AvgIpc) is 1.88. The quantitative estimate of drug-likeness (QED) is 0.757. The summed E-state index contributed by atoms with van der Waals surface area (Å²) in [7, 11) is 0. The Balaban J connectivity index is 3.30. The van der Waals surface area contributed by atoms with Crippen LogP contribution < -0.4 is 0 Å². The minimum absolute atomic E-state index is 0.955. The molecule has 1 heterocycles. The van der Waals surface area contributed by atoms with Gasteiger partial charge in [0.15, 0.2) is 0 Å². The molecule has 0 unspecified atom stereocenters. The third kappa shape index (κ3) is 1.47. The van der Waals surface area contributed by atoms with Crippen molar-refractivity contribution in [2.75, 3.05) is 0 Å². The summed E-state index contributed by atoms with van der Waals surface area (Å²) >= 11 is 6.69. The summed E-state index contributed by atoms with van der Waals surface area (Å²) < 4.78 is 1.91. The summed E-state index contributed by atoms with van der Waals surface area (Å²) in [5.41, 5.74) is 1.04. The monoisotopic (exact) mass is 261 g/mol. The molecule has 0 aliphatic rings. The summed E-state index contributed by atoms with van der Waals surface area (Å²) in [6.07, 6.45) is 5.25. The van der Waals surface area contributed by atoms with E-state index >= 15 is 0 Å². The van der Waals surface area contributed by atoms with Crippen molar-refractivity contribution >= 4 is 37.9 Å². The van der Waals surface area contributed by atoms with Crippen molar-refractivity contribution in [3.05, 3.63) is 33.5 Å². The van der Waals surface area contributed by atoms with Crippen LogP contribution in [0, 0.1) is 0 Å². The zero-order valence-corrected chi connectivity index (χ0v) is 8.31. The minimum Gasteiger partial charge on any atom is -0.262 e. The number of hydrogen-bond donors (Lipinski definition) is 0. The molecule has 0 spiro atoms. The molecule has 1 aromatic heterocycles. The van der Waals surface area contributed by atoms with Gasteiger partial charge in [-0.1, -0.05) is 12.7 Å². The summed E-state index contributed by atoms with van der Waals surface area (Å²) in [6.45, 7) is 3.66. The van der Waals surface area contributed by atoms with Crippen LogP contribution in [0.2, 0.25) is 0 Å². The zero-order valence-electron chi connectivity index (χ0n) is 5.14. The summed E-state index contributed by atoms with van der Waals surface area (Å²) in [5.74, 6) is 0. The lowest BCUT2D eigenvalue weighted by atomic mass is 10.3. The first-order chi connectivity index (χ1) is 4.75. The van der Waals surface area contributed by atoms with E-state index in [2.05, 4.69) is 43.4 Å². The molecule has 0 aromatic carbocycles. The molecule has 1 nitrogen and oxygen atoms in total. The SMILES string of the molecule is C=Cc1c(Br)cncc1Br. The molecule has 0 N–H and O–H groups in total. The van der Waals surface area contributed by atoms with E-state index in [-0.39, 0.29) is 0 Å². The second-order valence-electron chi connectivity index (χ2n) is 1.72. The van der Waals surface area contributed by atoms with Crippen molar-refractivity contribution in [1.29, 1.82) is 0 Å². The Morgan fingerprint density at radius 1 is 1.30 bits per heavy atom. The Kier molecular flexibility index (Phi) is 2.63. The Morgan fingerprint density at radius 2 is 1.80 bits per heavy atom. The average molecular weight is 263 g/mol. The van der Waals surface area contributed by atoms with Crippen LogP contribution in [0.1, 0.15) is 5.56 Å². The summed E-state index contributed by atoms with van der Waals surface area (Å²) in [5, 5.41) is 0. The van der Waals surface area contributed by atoms with E-state index in [1.807, 2.05) is 0 Å². The molecule has 0 amide bonds. The second-order valence-corrected chi connectivity index (χ2v) is 3.43. The number of halogens is 2. The van der Waals surface area contributed by atoms with Gasteiger partial charge in [0.25, 0.3) is 0 Å². The third-order valence-corrected chi connectivity index (χ3v) is 2.36. The highest BCUT2D eigenvalue weighted by Gasteiger charge is 1.98. The van der Waals surface area contributed by atoms with Crippen molar-refractivity contribution in [2.45, 2.75) is 0 Å². The van der Waals surface area contributed by atoms with Crippen LogP contribution >= 0.6 is 31.9 Å². The molecular formula is C7H5Br2N. The third-order valence-electron chi connectivity index (χ3n) is 1.09. The minimum atomic E-state index is 0.955. The largest absolute Gasteiger partial charge is 0.262 e. The van der Waals surface area contributed by atoms with Crippen LogP contribution in [0.5, 0.6) is 0 Å². The van der Waals surface area contributed by atoms with E-state index in [1.54, 1.807) is 18.5 Å². The van der Waals surface area contributed by atoms with Crippen LogP contribution in [0.3, 0.4) is 0 Å². The van der Waals surface area contributed by atoms with Gasteiger partial charge in [-0.15, -0.1) is 0 Å². The molecule has 0 aliphatic heterocycles. The predicted octanol–water partition coefficient (Wildman–Crippen LogP) is 3.25. The highest BCUT2D eigenvalue weighted by Crippen LogP contribution is 2.24. The normalized spacial score (nSPS) is 9.40. The molecule has 0 aliphatic carbocycles. The van der Waals surface area contributed by atoms with Crippen molar-refractivity contribution < 1.29 is 0 Å². The number of nitrogens with zero attached hydrogens (tertiary/aromatic N) is 1. The van der Waals surface area contributed by atoms with E-state index in [0.717, 1.165) is 14.5 Å². The fraction of sp³-hybridized carbons (Fsp3) is 0. The van der Waals surface area contributed by atoms with Crippen molar-refractivity contribution in [3.63, 3.8) is 0 Å². The van der Waals surface area contributed by atoms with Crippen LogP contribution in [-0.2, 0) is 0 Å². The molecule has 3 heteroatoms. The molecule has 52 valence electrons. The molecule has 0 radical (unpaired) electrons. The van der Waals surface area contributed by atoms with E-state index in [4.69, 9.17) is 0 Å². The lowest BCUT2D eigenvalue weighted by Crippen LogP contribution is -1.79. The maximum atomic E-state index is 3.95. The maximum Gasteiger partial charge on any atom is 0.0442 e. The number of rotatable bonds is 1. The van der Waals surface area contributed by atoms with Gasteiger partial charge in [0, 0.05) is 26.9 Å². The second kappa shape index (κ2) is 3.30. The van der Waals surface area contributed by atoms with Gasteiger partial charge >= 0.3 is 0 Å². The standard InChI is InChI=1S/C7H5Br2N/c1-2-5-6(8)3-10-4-7(5)9/h2-4H,1H2. The Bertz CT molecular complexity index is 238. The molecule has 0 atom stereocenters. The van der Waals surface area contributed by atoms with Gasteiger partial charge in [0.2, 0.25) is 0 Å². The molecule has 0 fully saturated rings. The predicted molar refractivity (Wildman–Crippen MR) is 49.7 cm³/mol. The Morgan fingerprint density at radius 3 is 2.10 bits per heavy atom. The summed E-state index contributed by atoms with van der Waals surface area (Å²) in [6, 6.07) is 0. The molecule has 1 aromatic rings. The molecule has 0 saturated carbocycles. The van der Waals surface area contributed by atoms with Crippen LogP contribution in [0.4, 0.5) is 0 Å². The number of hydrogen-bond acceptors (Lipinski definition) is 1. The van der Waals surface area contributed by atoms with E-state index in [0.29, 0.717) is 0 Å². The van der Waals surface area contributed by atoms with Gasteiger partial charge in [-0.3, -0.25) is 4.98 Å². The Labute approximate surface area is 76.4 Å². The maximum absolute atomic E-state index is 3.95. The topological polar surface area (TPSA) is 12.9 Å². The molecular weight excluding hydrogens is 258 g/mol. The first kappa shape index (κ1) is 7.95. The van der Waals surface area contributed by atoms with E-state index in [1.165, 1.54) is 0 Å². The zero-order chi connectivity index (χ0) is 7.56. The van der Waals surface area contributed by atoms with E-state index in [9.17, 15) is 0 Å². The van der Waals surface area contributed by atoms with Crippen molar-refractivity contribution in [1.82, 2.24) is 4.98 Å². The van der Waals surface area contributed by atoms with Gasteiger partial charge in [-0.25, -0.2) is 0 Å². The lowest BCUT2D eigenvalue weighted by Gasteiger charge is -1.98. The number of aromatic nitrogens is 1. The highest BCUT2D eigenvalue weighted by molar-refractivity contribution is 9.11. The van der Waals surface area contributed by atoms with Gasteiger partial charge in [-0.05, 0) is 31.9 Å². The first-order valence-electron chi connectivity index (χ1n) is 2.67. The van der Waals surface area contributed by atoms with Gasteiger partial charge < -0.3 is 0 Å². The fourth-order valence-electron chi connectivity index (χ4n) is 0.616. The molecule has 0 saturated heterocycles. The smallest absolute Gasteiger partial charge is 0.0442 e. The van der Waals surface area contributed by atoms with Crippen LogP contribution in [-0.4, -0.2) is 4.98 Å². The van der Waals surface area contributed by atoms with Gasteiger partial charge in [-0.2, -0.15) is 0 Å². The van der Waals surface area contributed by atoms with Gasteiger partial charge in [0.1, 0.15) is 0 Å². The summed E-state index contributed by atoms with van der Waals surface area (Å²) in [4.78, 5) is 3.95. The molecule has 0 bridgehead atoms. The lowest BCUT2D eigenvalue weighted by molar-refractivity contribution is 1.28. The van der Waals surface area contributed by atoms with Gasteiger partial charge in [0.05, 0.1) is 0 Å². The van der Waals surface area contributed by atoms with Crippen molar-refractivity contribution in [2.24, 2.45) is 0 Å². The number of pyridine rings is 1. The van der Waals surface area contributed by atoms with E-state index < -0.39 is 0 Å².